The van der Waals surface area contributed by atoms with Gasteiger partial charge < -0.3 is 24.7 Å². The fourth-order valence-electron chi connectivity index (χ4n) is 2.95. The molecule has 1 unspecified atom stereocenters. The third-order valence-electron chi connectivity index (χ3n) is 4.38. The molecular formula is C21H28N4O3. The van der Waals surface area contributed by atoms with E-state index < -0.39 is 0 Å². The van der Waals surface area contributed by atoms with Crippen LogP contribution in [0, 0.1) is 0 Å². The monoisotopic (exact) mass is 384 g/mol. The van der Waals surface area contributed by atoms with Gasteiger partial charge in [0.05, 0.1) is 6.54 Å². The molecule has 1 aliphatic heterocycles. The molecule has 1 aromatic heterocycles. The van der Waals surface area contributed by atoms with E-state index in [0.717, 1.165) is 49.9 Å². The van der Waals surface area contributed by atoms with Crippen molar-refractivity contribution in [2.45, 2.75) is 32.4 Å². The Morgan fingerprint density at radius 3 is 2.79 bits per heavy atom. The Labute approximate surface area is 165 Å². The van der Waals surface area contributed by atoms with Crippen molar-refractivity contribution >= 4 is 5.96 Å². The van der Waals surface area contributed by atoms with Gasteiger partial charge in [-0.3, -0.25) is 4.79 Å². The molecule has 0 saturated heterocycles. The van der Waals surface area contributed by atoms with Crippen LogP contribution in [0.2, 0.25) is 0 Å². The van der Waals surface area contributed by atoms with E-state index in [-0.39, 0.29) is 11.7 Å². The van der Waals surface area contributed by atoms with E-state index in [0.29, 0.717) is 13.2 Å². The number of pyridine rings is 1. The quantitative estimate of drug-likeness (QED) is 0.414. The summed E-state index contributed by atoms with van der Waals surface area (Å²) in [5.74, 6) is 2.31. The molecule has 0 bridgehead atoms. The summed E-state index contributed by atoms with van der Waals surface area (Å²) in [5, 5.41) is 6.58. The molecule has 7 heteroatoms. The molecular weight excluding hydrogens is 356 g/mol. The number of benzene rings is 1. The van der Waals surface area contributed by atoms with Gasteiger partial charge in [0.25, 0.3) is 0 Å². The molecule has 2 aromatic rings. The average molecular weight is 384 g/mol. The zero-order chi connectivity index (χ0) is 19.6. The van der Waals surface area contributed by atoms with E-state index in [1.807, 2.05) is 43.5 Å². The highest BCUT2D eigenvalue weighted by atomic mass is 16.6. The van der Waals surface area contributed by atoms with Gasteiger partial charge in [0.2, 0.25) is 5.56 Å². The summed E-state index contributed by atoms with van der Waals surface area (Å²) >= 11 is 0. The predicted octanol–water partition coefficient (Wildman–Crippen LogP) is 2.02. The number of aliphatic imine (C=N–C) groups is 1. The maximum absolute atomic E-state index is 11.7. The van der Waals surface area contributed by atoms with Gasteiger partial charge >= 0.3 is 0 Å². The Balaban J connectivity index is 1.42. The minimum Gasteiger partial charge on any atom is -0.486 e. The second-order valence-corrected chi connectivity index (χ2v) is 6.58. The van der Waals surface area contributed by atoms with Gasteiger partial charge in [-0.2, -0.15) is 0 Å². The SMILES string of the molecule is CCNC(=NCC1COc2ccccc2O1)NCCCCn1ccccc1=O. The van der Waals surface area contributed by atoms with Gasteiger partial charge in [0.1, 0.15) is 6.61 Å². The van der Waals surface area contributed by atoms with Gasteiger partial charge in [-0.05, 0) is 38.0 Å². The third-order valence-corrected chi connectivity index (χ3v) is 4.38. The first-order chi connectivity index (χ1) is 13.8. The molecule has 2 N–H and O–H groups in total. The highest BCUT2D eigenvalue weighted by Gasteiger charge is 2.20. The number of guanidine groups is 1. The van der Waals surface area contributed by atoms with Crippen molar-refractivity contribution in [1.82, 2.24) is 15.2 Å². The molecule has 1 atom stereocenters. The van der Waals surface area contributed by atoms with Crippen LogP contribution in [0.3, 0.4) is 0 Å². The topological polar surface area (TPSA) is 76.9 Å². The Morgan fingerprint density at radius 2 is 1.96 bits per heavy atom. The lowest BCUT2D eigenvalue weighted by atomic mass is 10.2. The number of aryl methyl sites for hydroxylation is 1. The number of hydrogen-bond donors (Lipinski definition) is 2. The van der Waals surface area contributed by atoms with Crippen molar-refractivity contribution in [2.75, 3.05) is 26.2 Å². The minimum absolute atomic E-state index is 0.0432. The Hall–Kier alpha value is -2.96. The molecule has 1 aromatic carbocycles. The number of aromatic nitrogens is 1. The van der Waals surface area contributed by atoms with E-state index in [4.69, 9.17) is 9.47 Å². The van der Waals surface area contributed by atoms with Gasteiger partial charge in [-0.1, -0.05) is 18.2 Å². The number of fused-ring (bicyclic) bond motifs is 1. The largest absolute Gasteiger partial charge is 0.486 e. The summed E-state index contributed by atoms with van der Waals surface area (Å²) in [6.45, 7) is 5.35. The normalized spacial score (nSPS) is 15.9. The minimum atomic E-state index is -0.102. The van der Waals surface area contributed by atoms with Crippen molar-refractivity contribution in [3.05, 3.63) is 59.0 Å². The molecule has 2 heterocycles. The molecule has 0 saturated carbocycles. The molecule has 0 aliphatic carbocycles. The zero-order valence-electron chi connectivity index (χ0n) is 16.3. The van der Waals surface area contributed by atoms with Crippen molar-refractivity contribution in [3.8, 4) is 11.5 Å². The predicted molar refractivity (Wildman–Crippen MR) is 110 cm³/mol. The summed E-state index contributed by atoms with van der Waals surface area (Å²) in [7, 11) is 0. The van der Waals surface area contributed by atoms with E-state index in [1.54, 1.807) is 16.7 Å². The van der Waals surface area contributed by atoms with Crippen LogP contribution in [0.25, 0.3) is 0 Å². The number of rotatable bonds is 8. The first-order valence-corrected chi connectivity index (χ1v) is 9.82. The maximum atomic E-state index is 11.7. The fraction of sp³-hybridized carbons (Fsp3) is 0.429. The summed E-state index contributed by atoms with van der Waals surface area (Å²) in [6.07, 6.45) is 3.59. The van der Waals surface area contributed by atoms with Crippen LogP contribution in [0.15, 0.2) is 58.4 Å². The molecule has 0 radical (unpaired) electrons. The second-order valence-electron chi connectivity index (χ2n) is 6.58. The summed E-state index contributed by atoms with van der Waals surface area (Å²) < 4.78 is 13.4. The number of para-hydroxylation sites is 2. The van der Waals surface area contributed by atoms with E-state index in [9.17, 15) is 4.79 Å². The Kier molecular flexibility index (Phi) is 7.35. The van der Waals surface area contributed by atoms with Crippen molar-refractivity contribution < 1.29 is 9.47 Å². The summed E-state index contributed by atoms with van der Waals surface area (Å²) in [5.41, 5.74) is 0.0432. The lowest BCUT2D eigenvalue weighted by Crippen LogP contribution is -2.39. The molecule has 150 valence electrons. The van der Waals surface area contributed by atoms with E-state index in [2.05, 4.69) is 15.6 Å². The van der Waals surface area contributed by atoms with Crippen LogP contribution >= 0.6 is 0 Å². The number of unbranched alkanes of at least 4 members (excludes halogenated alkanes) is 1. The Morgan fingerprint density at radius 1 is 1.14 bits per heavy atom. The maximum Gasteiger partial charge on any atom is 0.250 e. The van der Waals surface area contributed by atoms with E-state index >= 15 is 0 Å². The summed E-state index contributed by atoms with van der Waals surface area (Å²) in [6, 6.07) is 12.9. The second kappa shape index (κ2) is 10.4. The number of nitrogens with one attached hydrogen (secondary N) is 2. The molecule has 7 nitrogen and oxygen atoms in total. The molecule has 1 aliphatic rings. The average Bonchev–Trinajstić information content (AvgIpc) is 2.72. The lowest BCUT2D eigenvalue weighted by Gasteiger charge is -2.25. The highest BCUT2D eigenvalue weighted by molar-refractivity contribution is 5.79. The van der Waals surface area contributed by atoms with Crippen LogP contribution in [-0.4, -0.2) is 42.9 Å². The van der Waals surface area contributed by atoms with E-state index in [1.165, 1.54) is 0 Å². The molecule has 0 spiro atoms. The van der Waals surface area contributed by atoms with Crippen LogP contribution in [0.4, 0.5) is 0 Å². The first kappa shape index (κ1) is 19.8. The van der Waals surface area contributed by atoms with Crippen molar-refractivity contribution in [3.63, 3.8) is 0 Å². The molecule has 3 rings (SSSR count). The van der Waals surface area contributed by atoms with Gasteiger partial charge in [-0.15, -0.1) is 0 Å². The van der Waals surface area contributed by atoms with Crippen molar-refractivity contribution in [1.29, 1.82) is 0 Å². The van der Waals surface area contributed by atoms with Gasteiger partial charge in [-0.25, -0.2) is 4.99 Å². The van der Waals surface area contributed by atoms with Crippen LogP contribution in [0.1, 0.15) is 19.8 Å². The first-order valence-electron chi connectivity index (χ1n) is 9.82. The fourth-order valence-corrected chi connectivity index (χ4v) is 2.95. The van der Waals surface area contributed by atoms with Crippen LogP contribution in [-0.2, 0) is 6.54 Å². The zero-order valence-corrected chi connectivity index (χ0v) is 16.3. The Bertz CT molecular complexity index is 834. The van der Waals surface area contributed by atoms with Crippen molar-refractivity contribution in [2.24, 2.45) is 4.99 Å². The van der Waals surface area contributed by atoms with Crippen LogP contribution in [0.5, 0.6) is 11.5 Å². The lowest BCUT2D eigenvalue weighted by molar-refractivity contribution is 0.0971. The summed E-state index contributed by atoms with van der Waals surface area (Å²) in [4.78, 5) is 16.3. The van der Waals surface area contributed by atoms with Crippen LogP contribution < -0.4 is 25.7 Å². The van der Waals surface area contributed by atoms with Gasteiger partial charge in [0, 0.05) is 31.9 Å². The highest BCUT2D eigenvalue weighted by Crippen LogP contribution is 2.30. The third kappa shape index (κ3) is 5.77. The molecule has 28 heavy (non-hydrogen) atoms. The molecule has 0 amide bonds. The number of nitrogens with zero attached hydrogens (tertiary/aromatic N) is 2. The smallest absolute Gasteiger partial charge is 0.250 e. The molecule has 0 fully saturated rings. The van der Waals surface area contributed by atoms with Gasteiger partial charge in [0.15, 0.2) is 23.6 Å². The standard InChI is InChI=1S/C21H28N4O3/c1-2-22-21(23-12-6-8-14-25-13-7-5-11-20(25)26)24-15-17-16-27-18-9-3-4-10-19(18)28-17/h3-5,7,9-11,13,17H,2,6,8,12,14-16H2,1H3,(H2,22,23,24). The number of ether oxygens (including phenoxy) is 2. The number of hydrogen-bond acceptors (Lipinski definition) is 4.